The minimum atomic E-state index is 0.283. The van der Waals surface area contributed by atoms with Crippen molar-refractivity contribution in [2.45, 2.75) is 59.7 Å². The molecule has 0 saturated carbocycles. The molecule has 1 atom stereocenters. The molecular weight excluding hydrogens is 268 g/mol. The van der Waals surface area contributed by atoms with Gasteiger partial charge in [-0.05, 0) is 32.8 Å². The fraction of sp³-hybridized carbons (Fsp3) is 0.600. The van der Waals surface area contributed by atoms with Gasteiger partial charge in [-0.15, -0.1) is 11.3 Å². The number of nitrogens with zero attached hydrogens (tertiary/aromatic N) is 3. The van der Waals surface area contributed by atoms with Crippen molar-refractivity contribution in [2.24, 2.45) is 0 Å². The van der Waals surface area contributed by atoms with Crippen LogP contribution in [0.25, 0.3) is 0 Å². The number of aromatic nitrogens is 3. The zero-order valence-electron chi connectivity index (χ0n) is 12.8. The number of aryl methyl sites for hydroxylation is 3. The maximum atomic E-state index is 4.58. The number of nitrogens with one attached hydrogen (secondary N) is 1. The van der Waals surface area contributed by atoms with Gasteiger partial charge in [0.15, 0.2) is 0 Å². The van der Waals surface area contributed by atoms with E-state index in [9.17, 15) is 0 Å². The summed E-state index contributed by atoms with van der Waals surface area (Å²) in [5, 5.41) is 9.30. The fourth-order valence-electron chi connectivity index (χ4n) is 2.14. The lowest BCUT2D eigenvalue weighted by atomic mass is 10.3. The van der Waals surface area contributed by atoms with E-state index in [2.05, 4.69) is 53.8 Å². The molecule has 0 amide bonds. The molecule has 5 heteroatoms. The topological polar surface area (TPSA) is 42.7 Å². The van der Waals surface area contributed by atoms with Gasteiger partial charge in [0, 0.05) is 24.2 Å². The second-order valence-electron chi connectivity index (χ2n) is 4.92. The molecule has 0 aliphatic rings. The Balaban J connectivity index is 1.98. The number of hydrogen-bond donors (Lipinski definition) is 1. The van der Waals surface area contributed by atoms with Crippen LogP contribution in [-0.2, 0) is 25.9 Å². The van der Waals surface area contributed by atoms with Crippen LogP contribution in [0.15, 0.2) is 12.3 Å². The summed E-state index contributed by atoms with van der Waals surface area (Å²) in [5.41, 5.74) is 2.42. The van der Waals surface area contributed by atoms with Crippen molar-refractivity contribution in [3.8, 4) is 0 Å². The summed E-state index contributed by atoms with van der Waals surface area (Å²) in [6.07, 6.45) is 4.04. The highest BCUT2D eigenvalue weighted by Gasteiger charge is 2.11. The molecule has 0 radical (unpaired) electrons. The second-order valence-corrected chi connectivity index (χ2v) is 6.06. The van der Waals surface area contributed by atoms with Gasteiger partial charge in [0.05, 0.1) is 17.4 Å². The standard InChI is InChI=1S/C15H24N4S/c1-5-12-8-13(19(7-3)18-12)9-16-11(4)15-17-10-14(6-2)20-15/h8,10-11,16H,5-7,9H2,1-4H3. The smallest absolute Gasteiger partial charge is 0.109 e. The van der Waals surface area contributed by atoms with Gasteiger partial charge in [-0.25, -0.2) is 4.98 Å². The lowest BCUT2D eigenvalue weighted by Gasteiger charge is -2.11. The first kappa shape index (κ1) is 15.2. The molecule has 1 N–H and O–H groups in total. The first-order chi connectivity index (χ1) is 9.67. The van der Waals surface area contributed by atoms with Crippen LogP contribution >= 0.6 is 11.3 Å². The number of rotatable bonds is 7. The first-order valence-electron chi connectivity index (χ1n) is 7.41. The molecule has 1 unspecified atom stereocenters. The Bertz CT molecular complexity index is 544. The van der Waals surface area contributed by atoms with E-state index in [1.54, 1.807) is 11.3 Å². The largest absolute Gasteiger partial charge is 0.302 e. The fourth-order valence-corrected chi connectivity index (χ4v) is 3.02. The van der Waals surface area contributed by atoms with E-state index in [-0.39, 0.29) is 6.04 Å². The Morgan fingerprint density at radius 2 is 2.10 bits per heavy atom. The molecule has 2 aromatic heterocycles. The minimum Gasteiger partial charge on any atom is -0.302 e. The number of thiazole rings is 1. The molecule has 0 aliphatic carbocycles. The molecule has 0 saturated heterocycles. The normalized spacial score (nSPS) is 12.8. The van der Waals surface area contributed by atoms with E-state index in [0.717, 1.165) is 25.9 Å². The quantitative estimate of drug-likeness (QED) is 0.851. The van der Waals surface area contributed by atoms with Gasteiger partial charge in [-0.1, -0.05) is 13.8 Å². The van der Waals surface area contributed by atoms with Gasteiger partial charge in [0.25, 0.3) is 0 Å². The molecule has 2 heterocycles. The minimum absolute atomic E-state index is 0.283. The first-order valence-corrected chi connectivity index (χ1v) is 8.23. The summed E-state index contributed by atoms with van der Waals surface area (Å²) >= 11 is 1.80. The van der Waals surface area contributed by atoms with E-state index in [1.165, 1.54) is 21.3 Å². The zero-order valence-corrected chi connectivity index (χ0v) is 13.6. The molecule has 2 aromatic rings. The summed E-state index contributed by atoms with van der Waals surface area (Å²) in [6.45, 7) is 10.4. The average Bonchev–Trinajstić information content (AvgIpc) is 3.10. The molecule has 0 fully saturated rings. The summed E-state index contributed by atoms with van der Waals surface area (Å²) < 4.78 is 2.08. The van der Waals surface area contributed by atoms with Crippen LogP contribution in [0.5, 0.6) is 0 Å². The summed E-state index contributed by atoms with van der Waals surface area (Å²) in [4.78, 5) is 5.84. The zero-order chi connectivity index (χ0) is 14.5. The number of hydrogen-bond acceptors (Lipinski definition) is 4. The highest BCUT2D eigenvalue weighted by Crippen LogP contribution is 2.20. The van der Waals surface area contributed by atoms with Gasteiger partial charge >= 0.3 is 0 Å². The Morgan fingerprint density at radius 1 is 1.30 bits per heavy atom. The van der Waals surface area contributed by atoms with Gasteiger partial charge in [0.1, 0.15) is 5.01 Å². The monoisotopic (exact) mass is 292 g/mol. The predicted octanol–water partition coefficient (Wildman–Crippen LogP) is 3.34. The molecular formula is C15H24N4S. The lowest BCUT2D eigenvalue weighted by Crippen LogP contribution is -2.20. The third kappa shape index (κ3) is 3.46. The summed E-state index contributed by atoms with van der Waals surface area (Å²) in [5.74, 6) is 0. The van der Waals surface area contributed by atoms with Crippen molar-refractivity contribution in [1.29, 1.82) is 0 Å². The van der Waals surface area contributed by atoms with Crippen molar-refractivity contribution in [3.63, 3.8) is 0 Å². The van der Waals surface area contributed by atoms with Crippen LogP contribution in [0.1, 0.15) is 55.0 Å². The van der Waals surface area contributed by atoms with Crippen LogP contribution < -0.4 is 5.32 Å². The van der Waals surface area contributed by atoms with E-state index < -0.39 is 0 Å². The van der Waals surface area contributed by atoms with Crippen molar-refractivity contribution in [3.05, 3.63) is 33.5 Å². The molecule has 110 valence electrons. The maximum Gasteiger partial charge on any atom is 0.109 e. The maximum absolute atomic E-state index is 4.58. The molecule has 0 aliphatic heterocycles. The van der Waals surface area contributed by atoms with Crippen molar-refractivity contribution < 1.29 is 0 Å². The Labute approximate surface area is 125 Å². The van der Waals surface area contributed by atoms with E-state index >= 15 is 0 Å². The molecule has 2 rings (SSSR count). The van der Waals surface area contributed by atoms with Crippen LogP contribution in [-0.4, -0.2) is 14.8 Å². The Kier molecular flexibility index (Phi) is 5.31. The van der Waals surface area contributed by atoms with Crippen LogP contribution in [0.4, 0.5) is 0 Å². The third-order valence-electron chi connectivity index (χ3n) is 3.46. The summed E-state index contributed by atoms with van der Waals surface area (Å²) in [7, 11) is 0. The summed E-state index contributed by atoms with van der Waals surface area (Å²) in [6, 6.07) is 2.48. The van der Waals surface area contributed by atoms with Crippen LogP contribution in [0, 0.1) is 0 Å². The van der Waals surface area contributed by atoms with Gasteiger partial charge in [-0.3, -0.25) is 4.68 Å². The van der Waals surface area contributed by atoms with E-state index in [4.69, 9.17) is 0 Å². The molecule has 20 heavy (non-hydrogen) atoms. The van der Waals surface area contributed by atoms with Crippen molar-refractivity contribution in [2.75, 3.05) is 0 Å². The third-order valence-corrected chi connectivity index (χ3v) is 4.78. The second kappa shape index (κ2) is 6.99. The lowest BCUT2D eigenvalue weighted by molar-refractivity contribution is 0.529. The highest BCUT2D eigenvalue weighted by atomic mass is 32.1. The molecule has 4 nitrogen and oxygen atoms in total. The van der Waals surface area contributed by atoms with Gasteiger partial charge in [-0.2, -0.15) is 5.10 Å². The van der Waals surface area contributed by atoms with E-state index in [1.807, 2.05) is 6.20 Å². The van der Waals surface area contributed by atoms with Crippen LogP contribution in [0.2, 0.25) is 0 Å². The Morgan fingerprint density at radius 3 is 2.70 bits per heavy atom. The Hall–Kier alpha value is -1.20. The average molecular weight is 292 g/mol. The van der Waals surface area contributed by atoms with Gasteiger partial charge in [0.2, 0.25) is 0 Å². The SMILES string of the molecule is CCc1cc(CNC(C)c2ncc(CC)s2)n(CC)n1. The predicted molar refractivity (Wildman–Crippen MR) is 84.0 cm³/mol. The molecule has 0 spiro atoms. The molecule has 0 aromatic carbocycles. The highest BCUT2D eigenvalue weighted by molar-refractivity contribution is 7.11. The van der Waals surface area contributed by atoms with Crippen LogP contribution in [0.3, 0.4) is 0 Å². The van der Waals surface area contributed by atoms with Crippen molar-refractivity contribution in [1.82, 2.24) is 20.1 Å². The van der Waals surface area contributed by atoms with Gasteiger partial charge < -0.3 is 5.32 Å². The molecule has 0 bridgehead atoms. The van der Waals surface area contributed by atoms with Crippen molar-refractivity contribution >= 4 is 11.3 Å². The van der Waals surface area contributed by atoms with E-state index in [0.29, 0.717) is 0 Å².